The van der Waals surface area contributed by atoms with Gasteiger partial charge in [-0.05, 0) is 50.4 Å². The monoisotopic (exact) mass is 411 g/mol. The third-order valence-electron chi connectivity index (χ3n) is 5.02. The fourth-order valence-corrected chi connectivity index (χ4v) is 4.90. The Morgan fingerprint density at radius 1 is 1.28 bits per heavy atom. The second-order valence-electron chi connectivity index (χ2n) is 7.14. The number of likely N-dealkylation sites (N-methyl/N-ethyl adjacent to an activating group) is 1. The number of nitrogens with one attached hydrogen (secondary N) is 1. The lowest BCUT2D eigenvalue weighted by molar-refractivity contribution is -0.117. The molecule has 0 saturated carbocycles. The number of anilines is 1. The van der Waals surface area contributed by atoms with Gasteiger partial charge in [0.1, 0.15) is 10.8 Å². The summed E-state index contributed by atoms with van der Waals surface area (Å²) in [6.07, 6.45) is 4.29. The number of methoxy groups -OCH3 is 1. The summed E-state index contributed by atoms with van der Waals surface area (Å²) >= 11 is 1.51. The van der Waals surface area contributed by atoms with Gasteiger partial charge in [-0.25, -0.2) is 0 Å². The fourth-order valence-electron chi connectivity index (χ4n) is 3.59. The minimum Gasteiger partial charge on any atom is -0.496 e. The number of aryl methyl sites for hydroxylation is 1. The van der Waals surface area contributed by atoms with E-state index in [9.17, 15) is 9.59 Å². The van der Waals surface area contributed by atoms with Crippen LogP contribution in [0.1, 0.15) is 45.6 Å². The zero-order chi connectivity index (χ0) is 20.8. The Hall–Kier alpha value is -2.69. The molecule has 0 radical (unpaired) electrons. The van der Waals surface area contributed by atoms with Gasteiger partial charge in [0.05, 0.1) is 30.9 Å². The van der Waals surface area contributed by atoms with Crippen molar-refractivity contribution < 1.29 is 14.3 Å². The van der Waals surface area contributed by atoms with Crippen LogP contribution in [0.4, 0.5) is 5.00 Å². The largest absolute Gasteiger partial charge is 0.496 e. The van der Waals surface area contributed by atoms with Crippen molar-refractivity contribution in [2.45, 2.75) is 32.1 Å². The van der Waals surface area contributed by atoms with Crippen molar-refractivity contribution in [2.75, 3.05) is 32.6 Å². The van der Waals surface area contributed by atoms with Gasteiger partial charge >= 0.3 is 0 Å². The van der Waals surface area contributed by atoms with Crippen LogP contribution in [0, 0.1) is 11.3 Å². The van der Waals surface area contributed by atoms with Crippen molar-refractivity contribution in [1.82, 2.24) is 4.90 Å². The predicted molar refractivity (Wildman–Crippen MR) is 114 cm³/mol. The number of thiophene rings is 1. The molecule has 1 aromatic heterocycles. The number of fused-ring (bicyclic) bond motifs is 1. The molecule has 0 unspecified atom stereocenters. The van der Waals surface area contributed by atoms with E-state index in [1.165, 1.54) is 16.2 Å². The third kappa shape index (κ3) is 4.84. The molecule has 2 aromatic rings. The number of hydrogen-bond donors (Lipinski definition) is 1. The van der Waals surface area contributed by atoms with Crippen LogP contribution < -0.4 is 10.1 Å². The van der Waals surface area contributed by atoms with Crippen LogP contribution in [0.15, 0.2) is 24.3 Å². The molecular weight excluding hydrogens is 386 g/mol. The maximum Gasteiger partial charge on any atom is 0.239 e. The van der Waals surface area contributed by atoms with E-state index in [1.807, 2.05) is 12.1 Å². The molecule has 152 valence electrons. The van der Waals surface area contributed by atoms with Crippen molar-refractivity contribution in [1.29, 1.82) is 5.26 Å². The maximum absolute atomic E-state index is 13.5. The molecule has 3 rings (SSSR count). The number of carbonyl (C=O) groups excluding carboxylic acids is 2. The summed E-state index contributed by atoms with van der Waals surface area (Å²) in [7, 11) is 3.35. The lowest BCUT2D eigenvalue weighted by Crippen LogP contribution is -2.31. The molecule has 1 heterocycles. The molecular formula is C22H25N3O3S. The smallest absolute Gasteiger partial charge is 0.239 e. The Labute approximate surface area is 175 Å². The first-order chi connectivity index (χ1) is 14.0. The van der Waals surface area contributed by atoms with Gasteiger partial charge in [0, 0.05) is 17.8 Å². The minimum atomic E-state index is -0.182. The first-order valence-electron chi connectivity index (χ1n) is 9.72. The fraction of sp³-hybridized carbons (Fsp3) is 0.409. The lowest BCUT2D eigenvalue weighted by atomic mass is 9.91. The van der Waals surface area contributed by atoms with E-state index in [4.69, 9.17) is 10.00 Å². The van der Waals surface area contributed by atoms with Crippen molar-refractivity contribution in [3.8, 4) is 11.8 Å². The molecule has 1 N–H and O–H groups in total. The van der Waals surface area contributed by atoms with E-state index >= 15 is 0 Å². The average molecular weight is 412 g/mol. The number of nitrogens with zero attached hydrogens (tertiary/aromatic N) is 2. The van der Waals surface area contributed by atoms with E-state index in [0.29, 0.717) is 34.8 Å². The summed E-state index contributed by atoms with van der Waals surface area (Å²) in [5.74, 6) is 0.231. The lowest BCUT2D eigenvalue weighted by Gasteiger charge is -2.15. The third-order valence-corrected chi connectivity index (χ3v) is 6.23. The summed E-state index contributed by atoms with van der Waals surface area (Å²) in [6.45, 7) is 0.699. The standard InChI is InChI=1S/C22H25N3O3S/c1-25(13-7-12-23)14-19(26)24-22-20(16-9-4-6-11-18(16)29-22)21(27)15-8-3-5-10-17(15)28-2/h3,5,8,10H,4,6-7,9,11,13-14H2,1-2H3,(H,24,26). The van der Waals surface area contributed by atoms with Crippen LogP contribution in [0.25, 0.3) is 0 Å². The molecule has 0 aliphatic heterocycles. The van der Waals surface area contributed by atoms with Crippen LogP contribution in [0.2, 0.25) is 0 Å². The zero-order valence-corrected chi connectivity index (χ0v) is 17.6. The van der Waals surface area contributed by atoms with E-state index in [2.05, 4.69) is 11.4 Å². The number of ketones is 1. The van der Waals surface area contributed by atoms with E-state index in [1.54, 1.807) is 31.2 Å². The molecule has 0 saturated heterocycles. The molecule has 0 spiro atoms. The summed E-state index contributed by atoms with van der Waals surface area (Å²) < 4.78 is 5.38. The summed E-state index contributed by atoms with van der Waals surface area (Å²) in [5.41, 5.74) is 2.16. The molecule has 1 aliphatic carbocycles. The Balaban J connectivity index is 1.90. The van der Waals surface area contributed by atoms with Crippen LogP contribution in [-0.2, 0) is 17.6 Å². The average Bonchev–Trinajstić information content (AvgIpc) is 3.09. The van der Waals surface area contributed by atoms with Crippen LogP contribution in [0.5, 0.6) is 5.75 Å². The number of ether oxygens (including phenoxy) is 1. The number of para-hydroxylation sites is 1. The highest BCUT2D eigenvalue weighted by Gasteiger charge is 2.28. The highest BCUT2D eigenvalue weighted by molar-refractivity contribution is 7.17. The van der Waals surface area contributed by atoms with Crippen molar-refractivity contribution in [3.05, 3.63) is 45.8 Å². The van der Waals surface area contributed by atoms with Crippen LogP contribution in [0.3, 0.4) is 0 Å². The van der Waals surface area contributed by atoms with Gasteiger partial charge in [0.15, 0.2) is 5.78 Å². The molecule has 29 heavy (non-hydrogen) atoms. The molecule has 0 bridgehead atoms. The Morgan fingerprint density at radius 3 is 2.79 bits per heavy atom. The first kappa shape index (κ1) is 21.0. The molecule has 6 nitrogen and oxygen atoms in total. The van der Waals surface area contributed by atoms with E-state index in [0.717, 1.165) is 31.2 Å². The number of carbonyl (C=O) groups is 2. The van der Waals surface area contributed by atoms with Crippen LogP contribution in [-0.4, -0.2) is 43.8 Å². The number of benzene rings is 1. The predicted octanol–water partition coefficient (Wildman–Crippen LogP) is 3.65. The highest BCUT2D eigenvalue weighted by atomic mass is 32.1. The molecule has 1 amide bonds. The molecule has 0 atom stereocenters. The molecule has 1 aliphatic rings. The number of hydrogen-bond acceptors (Lipinski definition) is 6. The van der Waals surface area contributed by atoms with Gasteiger partial charge in [-0.15, -0.1) is 11.3 Å². The van der Waals surface area contributed by atoms with Crippen molar-refractivity contribution >= 4 is 28.0 Å². The molecule has 1 aromatic carbocycles. The number of amides is 1. The van der Waals surface area contributed by atoms with Gasteiger partial charge < -0.3 is 10.1 Å². The second-order valence-corrected chi connectivity index (χ2v) is 8.24. The Kier molecular flexibility index (Phi) is 7.02. The SMILES string of the molecule is COc1ccccc1C(=O)c1c(NC(=O)CN(C)CCC#N)sc2c1CCCC2. The summed E-state index contributed by atoms with van der Waals surface area (Å²) in [5, 5.41) is 12.3. The Morgan fingerprint density at radius 2 is 2.03 bits per heavy atom. The van der Waals surface area contributed by atoms with E-state index < -0.39 is 0 Å². The number of nitriles is 1. The van der Waals surface area contributed by atoms with Crippen LogP contribution >= 0.6 is 11.3 Å². The minimum absolute atomic E-state index is 0.116. The highest BCUT2D eigenvalue weighted by Crippen LogP contribution is 2.40. The summed E-state index contributed by atoms with van der Waals surface area (Å²) in [4.78, 5) is 29.0. The van der Waals surface area contributed by atoms with Crippen molar-refractivity contribution in [2.24, 2.45) is 0 Å². The van der Waals surface area contributed by atoms with Gasteiger partial charge in [-0.2, -0.15) is 5.26 Å². The number of rotatable bonds is 8. The molecule has 0 fully saturated rings. The topological polar surface area (TPSA) is 82.4 Å². The van der Waals surface area contributed by atoms with Gasteiger partial charge in [0.2, 0.25) is 5.91 Å². The zero-order valence-electron chi connectivity index (χ0n) is 16.8. The van der Waals surface area contributed by atoms with Gasteiger partial charge in [-0.3, -0.25) is 14.5 Å². The second kappa shape index (κ2) is 9.68. The Bertz CT molecular complexity index is 945. The van der Waals surface area contributed by atoms with Gasteiger partial charge in [0.25, 0.3) is 0 Å². The van der Waals surface area contributed by atoms with Gasteiger partial charge in [-0.1, -0.05) is 12.1 Å². The maximum atomic E-state index is 13.5. The first-order valence-corrected chi connectivity index (χ1v) is 10.5. The normalized spacial score (nSPS) is 12.9. The summed E-state index contributed by atoms with van der Waals surface area (Å²) in [6, 6.07) is 9.26. The molecule has 7 heteroatoms. The van der Waals surface area contributed by atoms with E-state index in [-0.39, 0.29) is 18.2 Å². The van der Waals surface area contributed by atoms with Crippen molar-refractivity contribution in [3.63, 3.8) is 0 Å². The quantitative estimate of drug-likeness (QED) is 0.671.